The molecule has 2 rings (SSSR count). The van der Waals surface area contributed by atoms with E-state index in [0.717, 1.165) is 30.3 Å². The van der Waals surface area contributed by atoms with Crippen LogP contribution in [-0.4, -0.2) is 22.6 Å². The number of ether oxygens (including phenoxy) is 1. The molecule has 0 aliphatic rings. The Kier molecular flexibility index (Phi) is 5.29. The molecule has 1 N–H and O–H groups in total. The van der Waals surface area contributed by atoms with E-state index in [1.807, 2.05) is 30.3 Å². The van der Waals surface area contributed by atoms with E-state index in [1.165, 1.54) is 0 Å². The summed E-state index contributed by atoms with van der Waals surface area (Å²) in [4.78, 5) is 0.331. The van der Waals surface area contributed by atoms with E-state index >= 15 is 0 Å². The third kappa shape index (κ3) is 4.54. The zero-order valence-electron chi connectivity index (χ0n) is 9.80. The molecule has 18 heavy (non-hydrogen) atoms. The number of thioether (sulfide) groups is 1. The van der Waals surface area contributed by atoms with Gasteiger partial charge in [-0.2, -0.15) is 11.8 Å². The van der Waals surface area contributed by atoms with Crippen LogP contribution in [0.1, 0.15) is 12.3 Å². The summed E-state index contributed by atoms with van der Waals surface area (Å²) >= 11 is 6.55. The largest absolute Gasteiger partial charge is 0.494 e. The molecule has 0 aliphatic heterocycles. The van der Waals surface area contributed by atoms with Gasteiger partial charge in [0.05, 0.1) is 12.4 Å². The molecule has 1 aromatic carbocycles. The molecule has 6 heteroatoms. The van der Waals surface area contributed by atoms with Crippen molar-refractivity contribution in [3.8, 4) is 5.75 Å². The van der Waals surface area contributed by atoms with Gasteiger partial charge in [0.2, 0.25) is 5.89 Å². The molecule has 0 amide bonds. The van der Waals surface area contributed by atoms with E-state index in [4.69, 9.17) is 21.4 Å². The minimum absolute atomic E-state index is 0.331. The van der Waals surface area contributed by atoms with Crippen molar-refractivity contribution in [2.24, 2.45) is 0 Å². The van der Waals surface area contributed by atoms with Crippen molar-refractivity contribution in [2.75, 3.05) is 12.4 Å². The van der Waals surface area contributed by atoms with Crippen molar-refractivity contribution in [3.63, 3.8) is 0 Å². The summed E-state index contributed by atoms with van der Waals surface area (Å²) in [5.41, 5.74) is 0. The number of hydrogen-bond acceptors (Lipinski definition) is 5. The number of para-hydroxylation sites is 1. The van der Waals surface area contributed by atoms with E-state index in [9.17, 15) is 0 Å². The van der Waals surface area contributed by atoms with Crippen LogP contribution in [0.2, 0.25) is 0 Å². The molecule has 0 radical (unpaired) electrons. The second kappa shape index (κ2) is 7.23. The second-order valence-corrected chi connectivity index (χ2v) is 5.05. The number of nitrogens with one attached hydrogen (secondary N) is 1. The minimum atomic E-state index is 0.331. The van der Waals surface area contributed by atoms with Gasteiger partial charge in [-0.1, -0.05) is 18.2 Å². The second-order valence-electron chi connectivity index (χ2n) is 3.57. The van der Waals surface area contributed by atoms with Crippen LogP contribution in [0.25, 0.3) is 0 Å². The summed E-state index contributed by atoms with van der Waals surface area (Å²) in [6.07, 6.45) is 0.991. The van der Waals surface area contributed by atoms with Gasteiger partial charge < -0.3 is 9.15 Å². The molecular weight excluding hydrogens is 268 g/mol. The fourth-order valence-corrected chi connectivity index (χ4v) is 2.26. The Labute approximate surface area is 115 Å². The summed E-state index contributed by atoms with van der Waals surface area (Å²) in [6.45, 7) is 0.723. The predicted octanol–water partition coefficient (Wildman–Crippen LogP) is 3.43. The first kappa shape index (κ1) is 13.2. The Morgan fingerprint density at radius 1 is 1.33 bits per heavy atom. The molecule has 0 aliphatic carbocycles. The molecule has 0 fully saturated rings. The highest BCUT2D eigenvalue weighted by molar-refractivity contribution is 7.98. The van der Waals surface area contributed by atoms with Crippen molar-refractivity contribution in [3.05, 3.63) is 41.1 Å². The maximum atomic E-state index is 5.59. The molecule has 0 bridgehead atoms. The topological polar surface area (TPSA) is 51.0 Å². The van der Waals surface area contributed by atoms with Gasteiger partial charge in [0.1, 0.15) is 5.75 Å². The molecule has 0 spiro atoms. The van der Waals surface area contributed by atoms with Crippen molar-refractivity contribution in [1.82, 2.24) is 10.2 Å². The summed E-state index contributed by atoms with van der Waals surface area (Å²) in [6, 6.07) is 9.83. The smallest absolute Gasteiger partial charge is 0.284 e. The van der Waals surface area contributed by atoms with Gasteiger partial charge in [-0.05, 0) is 36.5 Å². The summed E-state index contributed by atoms with van der Waals surface area (Å²) < 4.78 is 10.7. The quantitative estimate of drug-likeness (QED) is 0.623. The molecule has 1 aromatic heterocycles. The molecule has 0 saturated heterocycles. The summed E-state index contributed by atoms with van der Waals surface area (Å²) in [5, 5.41) is 6.54. The Balaban J connectivity index is 1.55. The number of aromatic amines is 1. The number of hydrogen-bond donors (Lipinski definition) is 1. The zero-order chi connectivity index (χ0) is 12.6. The molecule has 4 nitrogen and oxygen atoms in total. The first-order valence-electron chi connectivity index (χ1n) is 5.64. The van der Waals surface area contributed by atoms with Crippen LogP contribution in [0.5, 0.6) is 5.75 Å². The Bertz CT molecular complexity index is 510. The third-order valence-electron chi connectivity index (χ3n) is 2.15. The molecule has 0 saturated carbocycles. The molecule has 1 heterocycles. The number of benzene rings is 1. The fraction of sp³-hybridized carbons (Fsp3) is 0.333. The molecule has 0 atom stereocenters. The highest BCUT2D eigenvalue weighted by atomic mass is 32.2. The van der Waals surface area contributed by atoms with Gasteiger partial charge >= 0.3 is 0 Å². The SMILES string of the molecule is S=c1[nH]nc(CSCCCOc2ccccc2)o1. The lowest BCUT2D eigenvalue weighted by Crippen LogP contribution is -1.98. The highest BCUT2D eigenvalue weighted by Gasteiger charge is 1.99. The van der Waals surface area contributed by atoms with Crippen LogP contribution < -0.4 is 4.74 Å². The number of rotatable bonds is 7. The molecule has 2 aromatic rings. The average molecular weight is 282 g/mol. The van der Waals surface area contributed by atoms with E-state index in [2.05, 4.69) is 10.2 Å². The van der Waals surface area contributed by atoms with Crippen LogP contribution in [0.15, 0.2) is 34.7 Å². The first-order valence-corrected chi connectivity index (χ1v) is 7.21. The Hall–Kier alpha value is -1.27. The molecule has 96 valence electrons. The summed E-state index contributed by atoms with van der Waals surface area (Å²) in [7, 11) is 0. The van der Waals surface area contributed by atoms with E-state index in [-0.39, 0.29) is 0 Å². The van der Waals surface area contributed by atoms with E-state index in [0.29, 0.717) is 10.7 Å². The van der Waals surface area contributed by atoms with Gasteiger partial charge in [0.15, 0.2) is 0 Å². The lowest BCUT2D eigenvalue weighted by molar-refractivity contribution is 0.318. The normalized spacial score (nSPS) is 10.4. The van der Waals surface area contributed by atoms with Crippen LogP contribution in [0, 0.1) is 4.84 Å². The zero-order valence-corrected chi connectivity index (χ0v) is 11.4. The number of aromatic nitrogens is 2. The third-order valence-corrected chi connectivity index (χ3v) is 3.36. The Morgan fingerprint density at radius 3 is 2.89 bits per heavy atom. The van der Waals surface area contributed by atoms with Gasteiger partial charge in [-0.3, -0.25) is 0 Å². The van der Waals surface area contributed by atoms with Crippen molar-refractivity contribution >= 4 is 24.0 Å². The minimum Gasteiger partial charge on any atom is -0.494 e. The molecule has 0 unspecified atom stereocenters. The van der Waals surface area contributed by atoms with E-state index < -0.39 is 0 Å². The average Bonchev–Trinajstić information content (AvgIpc) is 2.81. The van der Waals surface area contributed by atoms with Gasteiger partial charge in [-0.25, -0.2) is 5.10 Å². The highest BCUT2D eigenvalue weighted by Crippen LogP contribution is 2.12. The van der Waals surface area contributed by atoms with Gasteiger partial charge in [-0.15, -0.1) is 5.10 Å². The predicted molar refractivity (Wildman–Crippen MR) is 74.4 cm³/mol. The maximum Gasteiger partial charge on any atom is 0.284 e. The standard InChI is InChI=1S/C12H14N2O2S2/c17-12-14-13-11(16-12)9-18-8-4-7-15-10-5-2-1-3-6-10/h1-3,5-6H,4,7-9H2,(H,14,17). The lowest BCUT2D eigenvalue weighted by Gasteiger charge is -2.04. The van der Waals surface area contributed by atoms with Gasteiger partial charge in [0.25, 0.3) is 4.84 Å². The maximum absolute atomic E-state index is 5.59. The summed E-state index contributed by atoms with van der Waals surface area (Å²) in [5.74, 6) is 3.30. The van der Waals surface area contributed by atoms with Crippen LogP contribution in [0.3, 0.4) is 0 Å². The van der Waals surface area contributed by atoms with Crippen molar-refractivity contribution in [1.29, 1.82) is 0 Å². The first-order chi connectivity index (χ1) is 8.84. The van der Waals surface area contributed by atoms with Crippen LogP contribution in [0.4, 0.5) is 0 Å². The van der Waals surface area contributed by atoms with Crippen molar-refractivity contribution < 1.29 is 9.15 Å². The van der Waals surface area contributed by atoms with Crippen molar-refractivity contribution in [2.45, 2.75) is 12.2 Å². The van der Waals surface area contributed by atoms with Crippen LogP contribution in [-0.2, 0) is 5.75 Å². The fourth-order valence-electron chi connectivity index (χ4n) is 1.35. The lowest BCUT2D eigenvalue weighted by atomic mass is 10.3. The monoisotopic (exact) mass is 282 g/mol. The number of nitrogens with zero attached hydrogens (tertiary/aromatic N) is 1. The molecular formula is C12H14N2O2S2. The number of H-pyrrole nitrogens is 1. The van der Waals surface area contributed by atoms with Gasteiger partial charge in [0, 0.05) is 0 Å². The Morgan fingerprint density at radius 2 is 2.17 bits per heavy atom. The van der Waals surface area contributed by atoms with E-state index in [1.54, 1.807) is 11.8 Å². The van der Waals surface area contributed by atoms with Crippen LogP contribution >= 0.6 is 24.0 Å².